The number of benzene rings is 1. The van der Waals surface area contributed by atoms with Crippen molar-refractivity contribution >= 4 is 34.2 Å². The van der Waals surface area contributed by atoms with Crippen LogP contribution in [0.4, 0.5) is 5.69 Å². The average molecular weight is 440 g/mol. The van der Waals surface area contributed by atoms with E-state index in [1.807, 2.05) is 37.4 Å². The first-order valence-electron chi connectivity index (χ1n) is 10.5. The van der Waals surface area contributed by atoms with E-state index in [9.17, 15) is 9.59 Å². The molecule has 8 heteroatoms. The topological polar surface area (TPSA) is 81.3 Å². The van der Waals surface area contributed by atoms with Gasteiger partial charge < -0.3 is 15.2 Å². The summed E-state index contributed by atoms with van der Waals surface area (Å²) < 4.78 is 0. The molecule has 1 aliphatic rings. The number of H-pyrrole nitrogens is 1. The fourth-order valence-corrected chi connectivity index (χ4v) is 4.22. The van der Waals surface area contributed by atoms with E-state index in [-0.39, 0.29) is 11.5 Å². The summed E-state index contributed by atoms with van der Waals surface area (Å²) >= 11 is 6.31. The Hall–Kier alpha value is -2.90. The smallest absolute Gasteiger partial charge is 0.252 e. The number of amides is 1. The summed E-state index contributed by atoms with van der Waals surface area (Å²) in [6.07, 6.45) is 2.59. The zero-order valence-electron chi connectivity index (χ0n) is 17.7. The molecule has 2 N–H and O–H groups in total. The predicted molar refractivity (Wildman–Crippen MR) is 124 cm³/mol. The zero-order chi connectivity index (χ0) is 22.0. The number of aromatic amines is 1. The van der Waals surface area contributed by atoms with Crippen LogP contribution in [0.5, 0.6) is 0 Å². The zero-order valence-corrected chi connectivity index (χ0v) is 18.5. The van der Waals surface area contributed by atoms with Gasteiger partial charge in [0.2, 0.25) is 0 Å². The first kappa shape index (κ1) is 21.3. The lowest BCUT2D eigenvalue weighted by molar-refractivity contribution is 0.0963. The van der Waals surface area contributed by atoms with Crippen LogP contribution in [0.25, 0.3) is 11.0 Å². The van der Waals surface area contributed by atoms with E-state index >= 15 is 0 Å². The number of carbonyl (C=O) groups excluding carboxylic acids is 1. The Morgan fingerprint density at radius 2 is 1.97 bits per heavy atom. The van der Waals surface area contributed by atoms with Crippen molar-refractivity contribution in [2.75, 3.05) is 38.1 Å². The molecule has 7 nitrogen and oxygen atoms in total. The van der Waals surface area contributed by atoms with Crippen molar-refractivity contribution in [2.24, 2.45) is 0 Å². The average Bonchev–Trinajstić information content (AvgIpc) is 2.78. The molecule has 3 aromatic rings. The molecule has 0 saturated carbocycles. The maximum atomic E-state index is 12.1. The van der Waals surface area contributed by atoms with Crippen LogP contribution in [0.2, 0.25) is 5.02 Å². The Balaban J connectivity index is 1.41. The molecule has 0 aliphatic carbocycles. The first-order valence-corrected chi connectivity index (χ1v) is 10.9. The molecule has 0 atom stereocenters. The fourth-order valence-electron chi connectivity index (χ4n) is 3.96. The van der Waals surface area contributed by atoms with Crippen LogP contribution < -0.4 is 15.8 Å². The van der Waals surface area contributed by atoms with Gasteiger partial charge in [0.25, 0.3) is 11.5 Å². The third-order valence-corrected chi connectivity index (χ3v) is 6.09. The van der Waals surface area contributed by atoms with Gasteiger partial charge in [-0.05, 0) is 42.3 Å². The summed E-state index contributed by atoms with van der Waals surface area (Å²) in [5.41, 5.74) is 4.91. The Morgan fingerprint density at radius 3 is 2.65 bits per heavy atom. The molecule has 0 spiro atoms. The number of halogens is 1. The highest BCUT2D eigenvalue weighted by molar-refractivity contribution is 6.34. The number of carbonyl (C=O) groups is 1. The van der Waals surface area contributed by atoms with Gasteiger partial charge >= 0.3 is 0 Å². The fraction of sp³-hybridized carbons (Fsp3) is 0.348. The molecular formula is C23H26ClN5O2. The number of fused-ring (bicyclic) bond motifs is 1. The van der Waals surface area contributed by atoms with Gasteiger partial charge in [0.15, 0.2) is 0 Å². The first-order chi connectivity index (χ1) is 15.0. The minimum absolute atomic E-state index is 0.0383. The summed E-state index contributed by atoms with van der Waals surface area (Å²) in [6, 6.07) is 9.47. The highest BCUT2D eigenvalue weighted by atomic mass is 35.5. The van der Waals surface area contributed by atoms with Gasteiger partial charge in [-0.15, -0.1) is 0 Å². The van der Waals surface area contributed by atoms with E-state index in [2.05, 4.69) is 25.1 Å². The molecule has 3 heterocycles. The van der Waals surface area contributed by atoms with E-state index in [0.29, 0.717) is 17.0 Å². The molecule has 0 radical (unpaired) electrons. The standard InChI is InChI=1S/C23H26ClN5O2/c1-3-16-11-20-21(27-22(16)30)10-15(13-26-20)14-28-6-8-29(9-7-28)17-4-5-18(19(24)12-17)23(31)25-2/h4-5,10-13H,3,6-9,14H2,1-2H3,(H,25,31)(H,27,30). The molecule has 4 rings (SSSR count). The Morgan fingerprint density at radius 1 is 1.19 bits per heavy atom. The van der Waals surface area contributed by atoms with Crippen molar-refractivity contribution in [1.29, 1.82) is 0 Å². The van der Waals surface area contributed by atoms with Crippen molar-refractivity contribution in [3.63, 3.8) is 0 Å². The van der Waals surface area contributed by atoms with Crippen LogP contribution in [0.1, 0.15) is 28.4 Å². The second-order valence-corrected chi connectivity index (χ2v) is 8.17. The molecule has 1 fully saturated rings. The molecule has 162 valence electrons. The molecule has 1 amide bonds. The van der Waals surface area contributed by atoms with Crippen LogP contribution in [-0.4, -0.2) is 54.0 Å². The van der Waals surface area contributed by atoms with Crippen molar-refractivity contribution in [3.05, 3.63) is 68.6 Å². The third-order valence-electron chi connectivity index (χ3n) is 5.77. The largest absolute Gasteiger partial charge is 0.369 e. The molecule has 31 heavy (non-hydrogen) atoms. The van der Waals surface area contributed by atoms with Gasteiger partial charge in [-0.2, -0.15) is 0 Å². The number of anilines is 1. The number of aromatic nitrogens is 2. The van der Waals surface area contributed by atoms with Crippen LogP contribution in [0.15, 0.2) is 41.3 Å². The second kappa shape index (κ2) is 9.08. The van der Waals surface area contributed by atoms with Crippen molar-refractivity contribution in [3.8, 4) is 0 Å². The Labute approximate surface area is 186 Å². The normalized spacial score (nSPS) is 14.7. The van der Waals surface area contributed by atoms with Gasteiger partial charge in [0, 0.05) is 57.2 Å². The summed E-state index contributed by atoms with van der Waals surface area (Å²) in [6.45, 7) is 6.29. The van der Waals surface area contributed by atoms with Gasteiger partial charge in [-0.25, -0.2) is 0 Å². The Bertz CT molecular complexity index is 1170. The predicted octanol–water partition coefficient (Wildman–Crippen LogP) is 2.82. The van der Waals surface area contributed by atoms with Crippen molar-refractivity contribution < 1.29 is 4.79 Å². The highest BCUT2D eigenvalue weighted by Gasteiger charge is 2.19. The lowest BCUT2D eigenvalue weighted by Crippen LogP contribution is -2.46. The molecule has 2 aromatic heterocycles. The Kier molecular flexibility index (Phi) is 6.25. The van der Waals surface area contributed by atoms with Crippen LogP contribution in [0, 0.1) is 0 Å². The molecule has 0 unspecified atom stereocenters. The number of piperazine rings is 1. The van der Waals surface area contributed by atoms with Crippen LogP contribution in [0.3, 0.4) is 0 Å². The van der Waals surface area contributed by atoms with E-state index in [1.54, 1.807) is 13.1 Å². The molecule has 1 saturated heterocycles. The molecular weight excluding hydrogens is 414 g/mol. The quantitative estimate of drug-likeness (QED) is 0.639. The van der Waals surface area contributed by atoms with Gasteiger partial charge in [-0.1, -0.05) is 18.5 Å². The van der Waals surface area contributed by atoms with Crippen molar-refractivity contribution in [2.45, 2.75) is 19.9 Å². The maximum Gasteiger partial charge on any atom is 0.252 e. The second-order valence-electron chi connectivity index (χ2n) is 7.76. The number of aryl methyl sites for hydroxylation is 1. The van der Waals surface area contributed by atoms with Crippen molar-refractivity contribution in [1.82, 2.24) is 20.2 Å². The SMILES string of the molecule is CCc1cc2ncc(CN3CCN(c4ccc(C(=O)NC)c(Cl)c4)CC3)cc2[nH]c1=O. The van der Waals surface area contributed by atoms with Gasteiger partial charge in [0.1, 0.15) is 0 Å². The lowest BCUT2D eigenvalue weighted by Gasteiger charge is -2.36. The summed E-state index contributed by atoms with van der Waals surface area (Å²) in [5.74, 6) is -0.183. The summed E-state index contributed by atoms with van der Waals surface area (Å²) in [5, 5.41) is 3.06. The number of nitrogens with one attached hydrogen (secondary N) is 2. The van der Waals surface area contributed by atoms with E-state index in [4.69, 9.17) is 11.6 Å². The van der Waals surface area contributed by atoms with Crippen LogP contribution >= 0.6 is 11.6 Å². The molecule has 1 aromatic carbocycles. The highest BCUT2D eigenvalue weighted by Crippen LogP contribution is 2.25. The van der Waals surface area contributed by atoms with Gasteiger partial charge in [-0.3, -0.25) is 19.5 Å². The number of hydrogen-bond donors (Lipinski definition) is 2. The van der Waals surface area contributed by atoms with E-state index in [1.165, 1.54) is 0 Å². The third kappa shape index (κ3) is 4.57. The number of nitrogens with zero attached hydrogens (tertiary/aromatic N) is 3. The number of hydrogen-bond acceptors (Lipinski definition) is 5. The van der Waals surface area contributed by atoms with Crippen LogP contribution in [-0.2, 0) is 13.0 Å². The molecule has 1 aliphatic heterocycles. The summed E-state index contributed by atoms with van der Waals surface area (Å²) in [7, 11) is 1.59. The lowest BCUT2D eigenvalue weighted by atomic mass is 10.1. The minimum atomic E-state index is -0.183. The monoisotopic (exact) mass is 439 g/mol. The maximum absolute atomic E-state index is 12.1. The molecule has 0 bridgehead atoms. The minimum Gasteiger partial charge on any atom is -0.369 e. The van der Waals surface area contributed by atoms with E-state index < -0.39 is 0 Å². The van der Waals surface area contributed by atoms with E-state index in [0.717, 1.165) is 60.6 Å². The number of pyridine rings is 2. The van der Waals surface area contributed by atoms with Gasteiger partial charge in [0.05, 0.1) is 21.6 Å². The summed E-state index contributed by atoms with van der Waals surface area (Å²) in [4.78, 5) is 36.1. The number of rotatable bonds is 5.